The summed E-state index contributed by atoms with van der Waals surface area (Å²) in [4.78, 5) is 25.2. The summed E-state index contributed by atoms with van der Waals surface area (Å²) >= 11 is 0. The van der Waals surface area contributed by atoms with Crippen molar-refractivity contribution in [1.82, 2.24) is 4.90 Å². The molecule has 0 aromatic heterocycles. The molecule has 1 aliphatic carbocycles. The number of aliphatic carboxylic acids is 1. The summed E-state index contributed by atoms with van der Waals surface area (Å²) in [5.74, 6) is -0.563. The number of hydrogen-bond donors (Lipinski definition) is 1. The van der Waals surface area contributed by atoms with E-state index < -0.39 is 23.6 Å². The van der Waals surface area contributed by atoms with Crippen LogP contribution in [0, 0.1) is 0 Å². The van der Waals surface area contributed by atoms with Gasteiger partial charge in [-0.15, -0.1) is 0 Å². The van der Waals surface area contributed by atoms with Crippen LogP contribution in [0.2, 0.25) is 0 Å². The third-order valence-electron chi connectivity index (χ3n) is 4.13. The summed E-state index contributed by atoms with van der Waals surface area (Å²) in [6, 6.07) is 5.47. The summed E-state index contributed by atoms with van der Waals surface area (Å²) in [7, 11) is 3.17. The molecule has 1 N–H and O–H groups in total. The largest absolute Gasteiger partial charge is 0.496 e. The second-order valence-corrected chi connectivity index (χ2v) is 7.53. The first-order chi connectivity index (χ1) is 11.6. The number of carbonyl (C=O) groups excluding carboxylic acids is 1. The maximum absolute atomic E-state index is 12.1. The molecule has 2 rings (SSSR count). The molecule has 0 spiro atoms. The lowest BCUT2D eigenvalue weighted by atomic mass is 9.95. The maximum Gasteiger partial charge on any atom is 0.410 e. The quantitative estimate of drug-likeness (QED) is 0.849. The van der Waals surface area contributed by atoms with Crippen LogP contribution in [0.4, 0.5) is 4.79 Å². The molecule has 1 aromatic carbocycles. The van der Waals surface area contributed by atoms with E-state index in [4.69, 9.17) is 9.47 Å². The van der Waals surface area contributed by atoms with E-state index in [9.17, 15) is 14.7 Å². The van der Waals surface area contributed by atoms with Crippen LogP contribution in [-0.4, -0.2) is 48.4 Å². The van der Waals surface area contributed by atoms with E-state index in [-0.39, 0.29) is 6.54 Å². The number of likely N-dealkylation sites (N-methyl/N-ethyl adjacent to an activating group) is 1. The first-order valence-electron chi connectivity index (χ1n) is 8.47. The van der Waals surface area contributed by atoms with Crippen molar-refractivity contribution >= 4 is 12.1 Å². The van der Waals surface area contributed by atoms with Gasteiger partial charge in [-0.05, 0) is 56.7 Å². The van der Waals surface area contributed by atoms with Gasteiger partial charge in [0.05, 0.1) is 13.0 Å². The molecule has 1 atom stereocenters. The normalized spacial score (nSPS) is 15.4. The summed E-state index contributed by atoms with van der Waals surface area (Å²) < 4.78 is 10.7. The molecule has 138 valence electrons. The number of ether oxygens (including phenoxy) is 2. The van der Waals surface area contributed by atoms with Gasteiger partial charge in [-0.1, -0.05) is 12.1 Å². The summed E-state index contributed by atoms with van der Waals surface area (Å²) in [6.45, 7) is 5.37. The lowest BCUT2D eigenvalue weighted by molar-refractivity contribution is -0.139. The van der Waals surface area contributed by atoms with Gasteiger partial charge in [0.2, 0.25) is 0 Å². The van der Waals surface area contributed by atoms with Crippen LogP contribution < -0.4 is 4.74 Å². The second kappa shape index (κ2) is 7.33. The summed E-state index contributed by atoms with van der Waals surface area (Å²) in [5.41, 5.74) is 1.10. The Morgan fingerprint density at radius 1 is 1.32 bits per heavy atom. The van der Waals surface area contributed by atoms with Gasteiger partial charge in [-0.3, -0.25) is 4.79 Å². The van der Waals surface area contributed by atoms with Gasteiger partial charge in [-0.2, -0.15) is 0 Å². The molecule has 1 amide bonds. The number of hydrogen-bond acceptors (Lipinski definition) is 4. The van der Waals surface area contributed by atoms with Crippen LogP contribution in [0.15, 0.2) is 18.2 Å². The van der Waals surface area contributed by atoms with E-state index in [0.29, 0.717) is 11.5 Å². The zero-order chi connectivity index (χ0) is 18.8. The highest BCUT2D eigenvalue weighted by atomic mass is 16.6. The molecule has 0 heterocycles. The van der Waals surface area contributed by atoms with Gasteiger partial charge >= 0.3 is 12.1 Å². The van der Waals surface area contributed by atoms with Crippen LogP contribution in [-0.2, 0) is 9.53 Å². The minimum Gasteiger partial charge on any atom is -0.496 e. The smallest absolute Gasteiger partial charge is 0.410 e. The van der Waals surface area contributed by atoms with Crippen molar-refractivity contribution in [1.29, 1.82) is 0 Å². The third-order valence-corrected chi connectivity index (χ3v) is 4.13. The van der Waals surface area contributed by atoms with Crippen LogP contribution in [0.3, 0.4) is 0 Å². The fourth-order valence-corrected chi connectivity index (χ4v) is 2.70. The zero-order valence-electron chi connectivity index (χ0n) is 15.5. The SMILES string of the molecule is COc1ccc(C(CN(C)C(=O)OC(C)(C)C)C(=O)O)cc1C1CC1. The molecule has 1 fully saturated rings. The molecular formula is C19H27NO5. The Kier molecular flexibility index (Phi) is 5.60. The van der Waals surface area contributed by atoms with Gasteiger partial charge < -0.3 is 19.5 Å². The van der Waals surface area contributed by atoms with Crippen molar-refractivity contribution in [2.24, 2.45) is 0 Å². The van der Waals surface area contributed by atoms with E-state index in [1.165, 1.54) is 4.90 Å². The Morgan fingerprint density at radius 2 is 1.96 bits per heavy atom. The third kappa shape index (κ3) is 5.11. The summed E-state index contributed by atoms with van der Waals surface area (Å²) in [5, 5.41) is 9.65. The van der Waals surface area contributed by atoms with Crippen LogP contribution in [0.1, 0.15) is 56.6 Å². The molecule has 6 heteroatoms. The number of amides is 1. The van der Waals surface area contributed by atoms with Crippen molar-refractivity contribution in [3.05, 3.63) is 29.3 Å². The number of nitrogens with zero attached hydrogens (tertiary/aromatic N) is 1. The topological polar surface area (TPSA) is 76.1 Å². The minimum atomic E-state index is -0.970. The van der Waals surface area contributed by atoms with Gasteiger partial charge in [-0.25, -0.2) is 4.79 Å². The monoisotopic (exact) mass is 349 g/mol. The van der Waals surface area contributed by atoms with Gasteiger partial charge in [0.1, 0.15) is 11.4 Å². The van der Waals surface area contributed by atoms with Crippen LogP contribution in [0.5, 0.6) is 5.75 Å². The maximum atomic E-state index is 12.1. The zero-order valence-corrected chi connectivity index (χ0v) is 15.5. The molecule has 0 saturated heterocycles. The molecule has 0 aliphatic heterocycles. The average molecular weight is 349 g/mol. The molecule has 1 aliphatic rings. The first kappa shape index (κ1) is 19.1. The number of carboxylic acid groups (broad SMARTS) is 1. The molecule has 1 aromatic rings. The van der Waals surface area contributed by atoms with E-state index in [1.54, 1.807) is 41.0 Å². The van der Waals surface area contributed by atoms with Crippen LogP contribution >= 0.6 is 0 Å². The van der Waals surface area contributed by atoms with Gasteiger partial charge in [0.25, 0.3) is 0 Å². The number of methoxy groups -OCH3 is 1. The lowest BCUT2D eigenvalue weighted by Gasteiger charge is -2.26. The molecular weight excluding hydrogens is 322 g/mol. The highest BCUT2D eigenvalue weighted by molar-refractivity contribution is 5.78. The van der Waals surface area contributed by atoms with Crippen molar-refractivity contribution in [3.8, 4) is 5.75 Å². The predicted octanol–water partition coefficient (Wildman–Crippen LogP) is 3.61. The lowest BCUT2D eigenvalue weighted by Crippen LogP contribution is -2.38. The number of carbonyl (C=O) groups is 2. The highest BCUT2D eigenvalue weighted by Gasteiger charge is 2.30. The number of benzene rings is 1. The van der Waals surface area contributed by atoms with Gasteiger partial charge in [0, 0.05) is 13.6 Å². The number of carboxylic acids is 1. The van der Waals surface area contributed by atoms with E-state index >= 15 is 0 Å². The van der Waals surface area contributed by atoms with Crippen molar-refractivity contribution in [2.45, 2.75) is 51.0 Å². The Hall–Kier alpha value is -2.24. The predicted molar refractivity (Wildman–Crippen MR) is 94.2 cm³/mol. The molecule has 0 radical (unpaired) electrons. The van der Waals surface area contributed by atoms with E-state index in [0.717, 1.165) is 24.2 Å². The van der Waals surface area contributed by atoms with Crippen molar-refractivity contribution in [2.75, 3.05) is 20.7 Å². The Balaban J connectivity index is 2.19. The standard InChI is InChI=1S/C19H27NO5/c1-19(2,3)25-18(23)20(4)11-15(17(21)22)13-8-9-16(24-5)14(10-13)12-6-7-12/h8-10,12,15H,6-7,11H2,1-5H3,(H,21,22). The fraction of sp³-hybridized carbons (Fsp3) is 0.579. The molecule has 1 saturated carbocycles. The Bertz CT molecular complexity index is 646. The Labute approximate surface area is 148 Å². The molecule has 25 heavy (non-hydrogen) atoms. The average Bonchev–Trinajstić information content (AvgIpc) is 3.34. The summed E-state index contributed by atoms with van der Waals surface area (Å²) in [6.07, 6.45) is 1.65. The minimum absolute atomic E-state index is 0.0423. The number of rotatable bonds is 6. The Morgan fingerprint density at radius 3 is 2.44 bits per heavy atom. The van der Waals surface area contributed by atoms with E-state index in [1.807, 2.05) is 12.1 Å². The van der Waals surface area contributed by atoms with Crippen molar-refractivity contribution < 1.29 is 24.2 Å². The van der Waals surface area contributed by atoms with Crippen molar-refractivity contribution in [3.63, 3.8) is 0 Å². The van der Waals surface area contributed by atoms with E-state index in [2.05, 4.69) is 0 Å². The molecule has 1 unspecified atom stereocenters. The van der Waals surface area contributed by atoms with Crippen LogP contribution in [0.25, 0.3) is 0 Å². The fourth-order valence-electron chi connectivity index (χ4n) is 2.70. The molecule has 0 bridgehead atoms. The van der Waals surface area contributed by atoms with Gasteiger partial charge in [0.15, 0.2) is 0 Å². The molecule has 6 nitrogen and oxygen atoms in total. The first-order valence-corrected chi connectivity index (χ1v) is 8.47. The second-order valence-electron chi connectivity index (χ2n) is 7.53. The highest BCUT2D eigenvalue weighted by Crippen LogP contribution is 2.45.